The number of hydrogen-bond acceptors (Lipinski definition) is 5. The monoisotopic (exact) mass is 404 g/mol. The SMILES string of the molecule is Cn1ccnc1C(=O)c1ccc(NC(=O)CCCn2c(=O)oc3ccccc32)cc1. The highest BCUT2D eigenvalue weighted by molar-refractivity contribution is 6.07. The molecule has 0 unspecified atom stereocenters. The Morgan fingerprint density at radius 3 is 2.60 bits per heavy atom. The van der Waals surface area contributed by atoms with Gasteiger partial charge in [-0.3, -0.25) is 14.2 Å². The Morgan fingerprint density at radius 1 is 1.10 bits per heavy atom. The Bertz CT molecular complexity index is 1260. The molecule has 0 atom stereocenters. The highest BCUT2D eigenvalue weighted by Crippen LogP contribution is 2.15. The molecule has 0 fully saturated rings. The van der Waals surface area contributed by atoms with Gasteiger partial charge in [0.2, 0.25) is 11.7 Å². The molecule has 0 bridgehead atoms. The number of carbonyl (C=O) groups excluding carboxylic acids is 2. The van der Waals surface area contributed by atoms with Crippen LogP contribution in [0.25, 0.3) is 11.1 Å². The van der Waals surface area contributed by atoms with Gasteiger partial charge in [-0.05, 0) is 42.8 Å². The third kappa shape index (κ3) is 3.93. The Hall–Kier alpha value is -3.94. The van der Waals surface area contributed by atoms with Crippen LogP contribution in [0.4, 0.5) is 5.69 Å². The van der Waals surface area contributed by atoms with Gasteiger partial charge in [0.1, 0.15) is 0 Å². The lowest BCUT2D eigenvalue weighted by molar-refractivity contribution is -0.116. The molecule has 0 spiro atoms. The van der Waals surface area contributed by atoms with Crippen molar-refractivity contribution in [2.75, 3.05) is 5.32 Å². The highest BCUT2D eigenvalue weighted by atomic mass is 16.4. The van der Waals surface area contributed by atoms with Crippen LogP contribution in [0, 0.1) is 0 Å². The Kier molecular flexibility index (Phi) is 5.30. The lowest BCUT2D eigenvalue weighted by Crippen LogP contribution is -2.17. The van der Waals surface area contributed by atoms with Crippen LogP contribution in [0.3, 0.4) is 0 Å². The second-order valence-corrected chi connectivity index (χ2v) is 6.91. The van der Waals surface area contributed by atoms with Gasteiger partial charge in [0, 0.05) is 43.7 Å². The zero-order valence-corrected chi connectivity index (χ0v) is 16.4. The third-order valence-corrected chi connectivity index (χ3v) is 4.81. The average molecular weight is 404 g/mol. The first kappa shape index (κ1) is 19.4. The van der Waals surface area contributed by atoms with Crippen LogP contribution in [-0.4, -0.2) is 25.8 Å². The van der Waals surface area contributed by atoms with E-state index in [1.807, 2.05) is 12.1 Å². The lowest BCUT2D eigenvalue weighted by atomic mass is 10.1. The number of benzene rings is 2. The Labute approximate surface area is 171 Å². The van der Waals surface area contributed by atoms with Crippen molar-refractivity contribution in [3.05, 3.63) is 82.9 Å². The summed E-state index contributed by atoms with van der Waals surface area (Å²) in [5, 5.41) is 2.80. The van der Waals surface area contributed by atoms with E-state index in [4.69, 9.17) is 4.42 Å². The number of nitrogens with zero attached hydrogens (tertiary/aromatic N) is 3. The number of imidazole rings is 1. The molecule has 4 rings (SSSR count). The summed E-state index contributed by atoms with van der Waals surface area (Å²) in [4.78, 5) is 40.7. The van der Waals surface area contributed by atoms with Crippen molar-refractivity contribution >= 4 is 28.5 Å². The molecule has 4 aromatic rings. The molecule has 0 aliphatic rings. The van der Waals surface area contributed by atoms with E-state index in [0.717, 1.165) is 5.52 Å². The first-order chi connectivity index (χ1) is 14.5. The molecule has 1 N–H and O–H groups in total. The highest BCUT2D eigenvalue weighted by Gasteiger charge is 2.14. The molecule has 0 radical (unpaired) electrons. The van der Waals surface area contributed by atoms with E-state index in [0.29, 0.717) is 35.6 Å². The second-order valence-electron chi connectivity index (χ2n) is 6.91. The van der Waals surface area contributed by atoms with Gasteiger partial charge in [-0.25, -0.2) is 9.78 Å². The number of anilines is 1. The number of carbonyl (C=O) groups is 2. The van der Waals surface area contributed by atoms with Crippen molar-refractivity contribution in [3.8, 4) is 0 Å². The van der Waals surface area contributed by atoms with Gasteiger partial charge in [0.15, 0.2) is 11.4 Å². The van der Waals surface area contributed by atoms with Gasteiger partial charge in [0.25, 0.3) is 0 Å². The van der Waals surface area contributed by atoms with E-state index in [9.17, 15) is 14.4 Å². The summed E-state index contributed by atoms with van der Waals surface area (Å²) in [5.41, 5.74) is 2.35. The van der Waals surface area contributed by atoms with Crippen molar-refractivity contribution in [3.63, 3.8) is 0 Å². The van der Waals surface area contributed by atoms with Crippen molar-refractivity contribution in [2.45, 2.75) is 19.4 Å². The standard InChI is InChI=1S/C22H20N4O4/c1-25-14-12-23-21(25)20(28)15-8-10-16(11-9-15)24-19(27)7-4-13-26-17-5-2-3-6-18(17)30-22(26)29/h2-3,5-6,8-12,14H,4,7,13H2,1H3,(H,24,27). The number of hydrogen-bond donors (Lipinski definition) is 1. The number of fused-ring (bicyclic) bond motifs is 1. The number of nitrogens with one attached hydrogen (secondary N) is 1. The van der Waals surface area contributed by atoms with Gasteiger partial charge in [-0.15, -0.1) is 0 Å². The van der Waals surface area contributed by atoms with Crippen molar-refractivity contribution in [1.82, 2.24) is 14.1 Å². The maximum atomic E-state index is 12.4. The fourth-order valence-electron chi connectivity index (χ4n) is 3.27. The number of aromatic nitrogens is 3. The fraction of sp³-hybridized carbons (Fsp3) is 0.182. The van der Waals surface area contributed by atoms with E-state index in [2.05, 4.69) is 10.3 Å². The molecule has 0 saturated carbocycles. The maximum Gasteiger partial charge on any atom is 0.419 e. The first-order valence-electron chi connectivity index (χ1n) is 9.53. The van der Waals surface area contributed by atoms with Gasteiger partial charge >= 0.3 is 5.76 Å². The van der Waals surface area contributed by atoms with Gasteiger partial charge in [0.05, 0.1) is 5.52 Å². The van der Waals surface area contributed by atoms with E-state index in [-0.39, 0.29) is 18.1 Å². The molecule has 30 heavy (non-hydrogen) atoms. The van der Waals surface area contributed by atoms with Crippen LogP contribution in [0.5, 0.6) is 0 Å². The van der Waals surface area contributed by atoms with E-state index in [1.54, 1.807) is 60.4 Å². The summed E-state index contributed by atoms with van der Waals surface area (Å²) in [6.45, 7) is 0.389. The lowest BCUT2D eigenvalue weighted by Gasteiger charge is -2.07. The second kappa shape index (κ2) is 8.20. The van der Waals surface area contributed by atoms with Crippen LogP contribution in [0.15, 0.2) is 70.1 Å². The number of ketones is 1. The largest absolute Gasteiger partial charge is 0.419 e. The average Bonchev–Trinajstić information content (AvgIpc) is 3.31. The quantitative estimate of drug-likeness (QED) is 0.478. The molecule has 8 nitrogen and oxygen atoms in total. The zero-order valence-electron chi connectivity index (χ0n) is 16.4. The summed E-state index contributed by atoms with van der Waals surface area (Å²) in [5.74, 6) is -0.421. The maximum absolute atomic E-state index is 12.4. The first-order valence-corrected chi connectivity index (χ1v) is 9.53. The van der Waals surface area contributed by atoms with Crippen LogP contribution < -0.4 is 11.1 Å². The van der Waals surface area contributed by atoms with Crippen molar-refractivity contribution in [2.24, 2.45) is 7.05 Å². The molecular formula is C22H20N4O4. The molecule has 0 aliphatic heterocycles. The van der Waals surface area contributed by atoms with Crippen LogP contribution in [0.2, 0.25) is 0 Å². The van der Waals surface area contributed by atoms with Gasteiger partial charge < -0.3 is 14.3 Å². The minimum absolute atomic E-state index is 0.168. The number of para-hydroxylation sites is 2. The number of oxazole rings is 1. The Morgan fingerprint density at radius 2 is 1.87 bits per heavy atom. The summed E-state index contributed by atoms with van der Waals surface area (Å²) in [6, 6.07) is 13.9. The zero-order chi connectivity index (χ0) is 21.1. The molecule has 2 aromatic heterocycles. The predicted molar refractivity (Wildman–Crippen MR) is 111 cm³/mol. The molecule has 2 heterocycles. The normalized spacial score (nSPS) is 11.0. The third-order valence-electron chi connectivity index (χ3n) is 4.81. The molecule has 8 heteroatoms. The van der Waals surface area contributed by atoms with Crippen LogP contribution >= 0.6 is 0 Å². The van der Waals surface area contributed by atoms with Crippen molar-refractivity contribution < 1.29 is 14.0 Å². The summed E-state index contributed by atoms with van der Waals surface area (Å²) in [7, 11) is 1.76. The minimum Gasteiger partial charge on any atom is -0.408 e. The van der Waals surface area contributed by atoms with Gasteiger partial charge in [-0.1, -0.05) is 12.1 Å². The number of rotatable bonds is 7. The van der Waals surface area contributed by atoms with E-state index >= 15 is 0 Å². The summed E-state index contributed by atoms with van der Waals surface area (Å²) >= 11 is 0. The summed E-state index contributed by atoms with van der Waals surface area (Å²) in [6.07, 6.45) is 4.02. The topological polar surface area (TPSA) is 99.1 Å². The Balaban J connectivity index is 1.33. The predicted octanol–water partition coefficient (Wildman–Crippen LogP) is 2.98. The number of amides is 1. The van der Waals surface area contributed by atoms with Crippen molar-refractivity contribution in [1.29, 1.82) is 0 Å². The molecule has 152 valence electrons. The van der Waals surface area contributed by atoms with Crippen LogP contribution in [-0.2, 0) is 18.4 Å². The molecule has 0 aliphatic carbocycles. The molecular weight excluding hydrogens is 384 g/mol. The summed E-state index contributed by atoms with van der Waals surface area (Å²) < 4.78 is 8.38. The number of aryl methyl sites for hydroxylation is 2. The smallest absolute Gasteiger partial charge is 0.408 e. The minimum atomic E-state index is -0.426. The fourth-order valence-corrected chi connectivity index (χ4v) is 3.27. The van der Waals surface area contributed by atoms with E-state index < -0.39 is 5.76 Å². The van der Waals surface area contributed by atoms with Gasteiger partial charge in [-0.2, -0.15) is 0 Å². The molecule has 0 saturated heterocycles. The molecule has 2 aromatic carbocycles. The van der Waals surface area contributed by atoms with E-state index in [1.165, 1.54) is 4.57 Å². The molecule has 1 amide bonds. The van der Waals surface area contributed by atoms with Crippen LogP contribution in [0.1, 0.15) is 29.0 Å².